The van der Waals surface area contributed by atoms with E-state index in [0.29, 0.717) is 6.61 Å². The fourth-order valence-corrected chi connectivity index (χ4v) is 0.545. The van der Waals surface area contributed by atoms with Crippen LogP contribution in [-0.4, -0.2) is 51.0 Å². The average molecular weight is 149 g/mol. The molecule has 0 rings (SSSR count). The summed E-state index contributed by atoms with van der Waals surface area (Å²) in [6.07, 6.45) is 0. The van der Waals surface area contributed by atoms with E-state index in [2.05, 4.69) is 4.52 Å². The first kappa shape index (κ1) is 11.2. The Hall–Kier alpha value is 1.32. The number of rotatable bonds is 2. The second kappa shape index (κ2) is 7.32. The Morgan fingerprint density at radius 3 is 2.29 bits per heavy atom. The van der Waals surface area contributed by atoms with E-state index >= 15 is 0 Å². The molecule has 0 saturated carbocycles. The van der Waals surface area contributed by atoms with Gasteiger partial charge in [0.05, 0.1) is 6.61 Å². The van der Waals surface area contributed by atoms with Crippen molar-refractivity contribution in [1.29, 1.82) is 0 Å². The molecule has 0 aromatic rings. The summed E-state index contributed by atoms with van der Waals surface area (Å²) in [6.45, 7) is 3.90. The molecule has 7 heavy (non-hydrogen) atoms. The molecule has 0 aromatic heterocycles. The molecule has 4 heteroatoms. The first-order valence-electron chi connectivity index (χ1n) is 1.81. The Morgan fingerprint density at radius 1 is 1.86 bits per heavy atom. The molecule has 0 aliphatic rings. The zero-order valence-electron chi connectivity index (χ0n) is 6.68. The zero-order valence-corrected chi connectivity index (χ0v) is 7.78. The van der Waals surface area contributed by atoms with Gasteiger partial charge in [-0.15, -0.1) is 4.52 Å². The largest absolute Gasteiger partial charge is 2.00 e. The standard InChI is InChI=1S/C3H8O2P.Ca.2H/c1-3-5-6(2)4;;;/h3H2,1-2H3;;;/q+1;+2;2*-1. The molecule has 0 aliphatic heterocycles. The van der Waals surface area contributed by atoms with Crippen molar-refractivity contribution in [3.05, 3.63) is 0 Å². The molecule has 40 valence electrons. The van der Waals surface area contributed by atoms with Crippen molar-refractivity contribution in [3.63, 3.8) is 0 Å². The maximum Gasteiger partial charge on any atom is 2.00 e. The zero-order chi connectivity index (χ0) is 4.99. The van der Waals surface area contributed by atoms with Gasteiger partial charge in [-0.1, -0.05) is 0 Å². The summed E-state index contributed by atoms with van der Waals surface area (Å²) < 4.78 is 14.5. The number of hydrogen-bond acceptors (Lipinski definition) is 2. The molecule has 0 amide bonds. The van der Waals surface area contributed by atoms with E-state index in [1.807, 2.05) is 6.92 Å². The summed E-state index contributed by atoms with van der Waals surface area (Å²) in [6, 6.07) is 0. The Kier molecular flexibility index (Phi) is 11.7. The first-order valence-corrected chi connectivity index (χ1v) is 3.43. The van der Waals surface area contributed by atoms with E-state index in [1.165, 1.54) is 0 Å². The van der Waals surface area contributed by atoms with Gasteiger partial charge in [0.2, 0.25) is 0 Å². The molecule has 0 N–H and O–H groups in total. The fourth-order valence-electron chi connectivity index (χ4n) is 0.182. The van der Waals surface area contributed by atoms with Crippen LogP contribution in [-0.2, 0) is 9.09 Å². The van der Waals surface area contributed by atoms with Gasteiger partial charge < -0.3 is 2.85 Å². The van der Waals surface area contributed by atoms with E-state index in [1.54, 1.807) is 6.66 Å². The Labute approximate surface area is 77.5 Å². The normalized spacial score (nSPS) is 9.71. The van der Waals surface area contributed by atoms with Gasteiger partial charge in [-0.3, -0.25) is 0 Å². The Balaban J connectivity index is -0.0000000417. The van der Waals surface area contributed by atoms with Crippen LogP contribution >= 0.6 is 8.03 Å². The van der Waals surface area contributed by atoms with Crippen molar-refractivity contribution in [3.8, 4) is 0 Å². The minimum absolute atomic E-state index is 0. The first-order chi connectivity index (χ1) is 2.77. The average Bonchev–Trinajstić information content (AvgIpc) is 1.35. The van der Waals surface area contributed by atoms with Gasteiger partial charge in [0, 0.05) is 0 Å². The SMILES string of the molecule is CCO[P+](C)=O.[Ca+2].[H-].[H-]. The van der Waals surface area contributed by atoms with Crippen molar-refractivity contribution in [2.24, 2.45) is 0 Å². The quantitative estimate of drug-likeness (QED) is 0.436. The monoisotopic (exact) mass is 149 g/mol. The van der Waals surface area contributed by atoms with Gasteiger partial charge in [0.25, 0.3) is 0 Å². The van der Waals surface area contributed by atoms with Gasteiger partial charge in [-0.05, 0) is 11.5 Å². The van der Waals surface area contributed by atoms with Gasteiger partial charge in [0.15, 0.2) is 6.66 Å². The van der Waals surface area contributed by atoms with E-state index in [-0.39, 0.29) is 40.6 Å². The summed E-state index contributed by atoms with van der Waals surface area (Å²) in [5, 5.41) is 0. The van der Waals surface area contributed by atoms with Crippen LogP contribution in [0.4, 0.5) is 0 Å². The predicted octanol–water partition coefficient (Wildman–Crippen LogP) is 1.24. The molecule has 2 nitrogen and oxygen atoms in total. The second-order valence-electron chi connectivity index (χ2n) is 0.857. The third kappa shape index (κ3) is 11.1. The van der Waals surface area contributed by atoms with Crippen molar-refractivity contribution in [2.75, 3.05) is 13.3 Å². The molecule has 0 fully saturated rings. The third-order valence-electron chi connectivity index (χ3n) is 0.311. The second-order valence-corrected chi connectivity index (χ2v) is 2.00. The van der Waals surface area contributed by atoms with Crippen molar-refractivity contribution in [1.82, 2.24) is 0 Å². The van der Waals surface area contributed by atoms with Crippen molar-refractivity contribution < 1.29 is 11.9 Å². The summed E-state index contributed by atoms with van der Waals surface area (Å²) in [5.41, 5.74) is 0. The van der Waals surface area contributed by atoms with Crippen molar-refractivity contribution >= 4 is 45.8 Å². The Bertz CT molecular complexity index is 63.8. The molecule has 1 atom stereocenters. The van der Waals surface area contributed by atoms with Crippen LogP contribution in [0.1, 0.15) is 9.78 Å². The molecule has 0 bridgehead atoms. The van der Waals surface area contributed by atoms with E-state index in [9.17, 15) is 4.57 Å². The van der Waals surface area contributed by atoms with Crippen LogP contribution in [0.5, 0.6) is 0 Å². The van der Waals surface area contributed by atoms with Crippen LogP contribution in [0, 0.1) is 0 Å². The summed E-state index contributed by atoms with van der Waals surface area (Å²) >= 11 is 0. The third-order valence-corrected chi connectivity index (χ3v) is 0.933. The molecule has 0 radical (unpaired) electrons. The van der Waals surface area contributed by atoms with Gasteiger partial charge in [-0.2, -0.15) is 0 Å². The van der Waals surface area contributed by atoms with E-state index in [0.717, 1.165) is 0 Å². The molecule has 0 saturated heterocycles. The fraction of sp³-hybridized carbons (Fsp3) is 1.00. The molecular weight excluding hydrogens is 139 g/mol. The van der Waals surface area contributed by atoms with E-state index < -0.39 is 8.03 Å². The van der Waals surface area contributed by atoms with Gasteiger partial charge in [-0.25, -0.2) is 0 Å². The van der Waals surface area contributed by atoms with Crippen LogP contribution in [0.2, 0.25) is 0 Å². The summed E-state index contributed by atoms with van der Waals surface area (Å²) in [4.78, 5) is 0. The van der Waals surface area contributed by atoms with Gasteiger partial charge >= 0.3 is 45.8 Å². The molecular formula is C3H10CaO2P+. The predicted molar refractivity (Wildman–Crippen MR) is 33.1 cm³/mol. The number of hydrogen-bond donors (Lipinski definition) is 0. The maximum absolute atomic E-state index is 9.97. The maximum atomic E-state index is 9.97. The molecule has 0 spiro atoms. The summed E-state index contributed by atoms with van der Waals surface area (Å²) in [7, 11) is -1.35. The van der Waals surface area contributed by atoms with Crippen molar-refractivity contribution in [2.45, 2.75) is 6.92 Å². The molecule has 0 aliphatic carbocycles. The van der Waals surface area contributed by atoms with Gasteiger partial charge in [0.1, 0.15) is 0 Å². The van der Waals surface area contributed by atoms with E-state index in [4.69, 9.17) is 0 Å². The smallest absolute Gasteiger partial charge is 1.00 e. The minimum atomic E-state index is -1.35. The minimum Gasteiger partial charge on any atom is -1.00 e. The van der Waals surface area contributed by atoms with Crippen LogP contribution in [0.15, 0.2) is 0 Å². The molecule has 0 aromatic carbocycles. The van der Waals surface area contributed by atoms with Crippen LogP contribution in [0.25, 0.3) is 0 Å². The molecule has 1 unspecified atom stereocenters. The van der Waals surface area contributed by atoms with Crippen LogP contribution < -0.4 is 0 Å². The Morgan fingerprint density at radius 2 is 2.29 bits per heavy atom. The summed E-state index contributed by atoms with van der Waals surface area (Å²) in [5.74, 6) is 0. The topological polar surface area (TPSA) is 26.3 Å². The van der Waals surface area contributed by atoms with Crippen LogP contribution in [0.3, 0.4) is 0 Å². The molecule has 0 heterocycles.